The van der Waals surface area contributed by atoms with Crippen LogP contribution in [0.2, 0.25) is 0 Å². The Balaban J connectivity index is 1.69. The number of sulfonamides is 1. The van der Waals surface area contributed by atoms with Crippen LogP contribution in [0.4, 0.5) is 5.69 Å². The SMILES string of the molecule is Cc1ccc(C(=O)NC(C)C2CC3CCC2C3)cc1NS(C)(=O)=O. The van der Waals surface area contributed by atoms with Crippen molar-refractivity contribution in [3.05, 3.63) is 29.3 Å². The number of aryl methyl sites for hydroxylation is 1. The van der Waals surface area contributed by atoms with E-state index in [4.69, 9.17) is 0 Å². The molecule has 0 saturated heterocycles. The number of carbonyl (C=O) groups excluding carboxylic acids is 1. The lowest BCUT2D eigenvalue weighted by Gasteiger charge is -2.28. The Bertz CT molecular complexity index is 745. The summed E-state index contributed by atoms with van der Waals surface area (Å²) in [5.74, 6) is 2.05. The van der Waals surface area contributed by atoms with Crippen molar-refractivity contribution in [3.63, 3.8) is 0 Å². The van der Waals surface area contributed by atoms with Crippen LogP contribution in [0, 0.1) is 24.7 Å². The highest BCUT2D eigenvalue weighted by molar-refractivity contribution is 7.92. The standard InChI is InChI=1S/C18H26N2O3S/c1-11-4-6-15(10-17(11)20-24(3,22)23)18(21)19-12(2)16-9-13-5-7-14(16)8-13/h4,6,10,12-14,16,20H,5,7-9H2,1-3H3,(H,19,21). The smallest absolute Gasteiger partial charge is 0.251 e. The molecule has 4 unspecified atom stereocenters. The van der Waals surface area contributed by atoms with Crippen LogP contribution in [-0.4, -0.2) is 26.6 Å². The minimum absolute atomic E-state index is 0.137. The Morgan fingerprint density at radius 1 is 1.25 bits per heavy atom. The van der Waals surface area contributed by atoms with Gasteiger partial charge in [0.25, 0.3) is 5.91 Å². The van der Waals surface area contributed by atoms with Crippen molar-refractivity contribution >= 4 is 21.6 Å². The predicted molar refractivity (Wildman–Crippen MR) is 95.5 cm³/mol. The fraction of sp³-hybridized carbons (Fsp3) is 0.611. The van der Waals surface area contributed by atoms with E-state index in [-0.39, 0.29) is 11.9 Å². The van der Waals surface area contributed by atoms with Gasteiger partial charge < -0.3 is 5.32 Å². The highest BCUT2D eigenvalue weighted by Crippen LogP contribution is 2.49. The molecule has 3 rings (SSSR count). The van der Waals surface area contributed by atoms with E-state index in [1.54, 1.807) is 18.2 Å². The van der Waals surface area contributed by atoms with E-state index in [9.17, 15) is 13.2 Å². The maximum Gasteiger partial charge on any atom is 0.251 e. The molecule has 24 heavy (non-hydrogen) atoms. The van der Waals surface area contributed by atoms with Crippen molar-refractivity contribution in [1.29, 1.82) is 0 Å². The molecule has 5 nitrogen and oxygen atoms in total. The van der Waals surface area contributed by atoms with Crippen molar-refractivity contribution in [2.45, 2.75) is 45.6 Å². The van der Waals surface area contributed by atoms with E-state index in [0.717, 1.165) is 23.7 Å². The molecular weight excluding hydrogens is 324 g/mol. The van der Waals surface area contributed by atoms with Crippen LogP contribution in [0.15, 0.2) is 18.2 Å². The third-order valence-corrected chi connectivity index (χ3v) is 6.18. The molecule has 0 aliphatic heterocycles. The molecule has 0 heterocycles. The number of nitrogens with one attached hydrogen (secondary N) is 2. The fourth-order valence-corrected chi connectivity index (χ4v) is 5.00. The van der Waals surface area contributed by atoms with Crippen molar-refractivity contribution < 1.29 is 13.2 Å². The van der Waals surface area contributed by atoms with Gasteiger partial charge in [-0.2, -0.15) is 0 Å². The Kier molecular flexibility index (Phi) is 4.60. The molecule has 2 aliphatic rings. The Morgan fingerprint density at radius 2 is 2.00 bits per heavy atom. The lowest BCUT2D eigenvalue weighted by atomic mass is 9.84. The summed E-state index contributed by atoms with van der Waals surface area (Å²) in [4.78, 5) is 12.6. The van der Waals surface area contributed by atoms with Crippen molar-refractivity contribution in [1.82, 2.24) is 5.32 Å². The third kappa shape index (κ3) is 3.74. The quantitative estimate of drug-likeness (QED) is 0.857. The molecule has 6 heteroatoms. The fourth-order valence-electron chi connectivity index (χ4n) is 4.38. The first-order valence-electron chi connectivity index (χ1n) is 8.62. The summed E-state index contributed by atoms with van der Waals surface area (Å²) in [6.45, 7) is 3.90. The van der Waals surface area contributed by atoms with E-state index in [0.29, 0.717) is 17.2 Å². The van der Waals surface area contributed by atoms with Gasteiger partial charge in [-0.05, 0) is 68.6 Å². The summed E-state index contributed by atoms with van der Waals surface area (Å²) in [6, 6.07) is 5.27. The van der Waals surface area contributed by atoms with Gasteiger partial charge in [-0.1, -0.05) is 12.5 Å². The lowest BCUT2D eigenvalue weighted by Crippen LogP contribution is -2.40. The zero-order valence-corrected chi connectivity index (χ0v) is 15.3. The molecule has 1 aromatic rings. The van der Waals surface area contributed by atoms with E-state index >= 15 is 0 Å². The molecule has 2 aliphatic carbocycles. The maximum absolute atomic E-state index is 12.6. The summed E-state index contributed by atoms with van der Waals surface area (Å²) < 4.78 is 25.4. The monoisotopic (exact) mass is 350 g/mol. The van der Waals surface area contributed by atoms with Crippen LogP contribution < -0.4 is 10.0 Å². The molecule has 2 N–H and O–H groups in total. The first-order valence-corrected chi connectivity index (χ1v) is 10.5. The summed E-state index contributed by atoms with van der Waals surface area (Å²) in [7, 11) is -3.37. The largest absolute Gasteiger partial charge is 0.349 e. The van der Waals surface area contributed by atoms with Gasteiger partial charge in [-0.3, -0.25) is 9.52 Å². The average Bonchev–Trinajstić information content (AvgIpc) is 3.10. The molecule has 0 aromatic heterocycles. The van der Waals surface area contributed by atoms with Crippen LogP contribution in [0.1, 0.15) is 48.5 Å². The molecule has 132 valence electrons. The minimum Gasteiger partial charge on any atom is -0.349 e. The van der Waals surface area contributed by atoms with Crippen molar-refractivity contribution in [3.8, 4) is 0 Å². The Morgan fingerprint density at radius 3 is 2.58 bits per heavy atom. The van der Waals surface area contributed by atoms with Gasteiger partial charge in [-0.15, -0.1) is 0 Å². The van der Waals surface area contributed by atoms with Gasteiger partial charge in [0.05, 0.1) is 11.9 Å². The molecule has 4 atom stereocenters. The van der Waals surface area contributed by atoms with Crippen LogP contribution >= 0.6 is 0 Å². The first kappa shape index (κ1) is 17.3. The number of carbonyl (C=O) groups is 1. The predicted octanol–water partition coefficient (Wildman–Crippen LogP) is 2.92. The van der Waals surface area contributed by atoms with Crippen LogP contribution in [-0.2, 0) is 10.0 Å². The van der Waals surface area contributed by atoms with E-state index < -0.39 is 10.0 Å². The normalized spacial score (nSPS) is 27.0. The van der Waals surface area contributed by atoms with Gasteiger partial charge >= 0.3 is 0 Å². The topological polar surface area (TPSA) is 75.3 Å². The van der Waals surface area contributed by atoms with Gasteiger partial charge in [0.2, 0.25) is 10.0 Å². The Labute approximate surface area is 144 Å². The molecule has 2 bridgehead atoms. The van der Waals surface area contributed by atoms with Gasteiger partial charge in [0.1, 0.15) is 0 Å². The van der Waals surface area contributed by atoms with Crippen molar-refractivity contribution in [2.24, 2.45) is 17.8 Å². The Hall–Kier alpha value is -1.56. The molecule has 2 saturated carbocycles. The zero-order valence-electron chi connectivity index (χ0n) is 14.5. The molecule has 2 fully saturated rings. The first-order chi connectivity index (χ1) is 11.2. The molecule has 0 radical (unpaired) electrons. The van der Waals surface area contributed by atoms with Crippen molar-refractivity contribution in [2.75, 3.05) is 11.0 Å². The second-order valence-corrected chi connectivity index (χ2v) is 9.25. The van der Waals surface area contributed by atoms with Gasteiger partial charge in [0, 0.05) is 11.6 Å². The van der Waals surface area contributed by atoms with Gasteiger partial charge in [0.15, 0.2) is 0 Å². The highest BCUT2D eigenvalue weighted by Gasteiger charge is 2.42. The third-order valence-electron chi connectivity index (χ3n) is 5.59. The lowest BCUT2D eigenvalue weighted by molar-refractivity contribution is 0.0915. The number of rotatable bonds is 5. The van der Waals surface area contributed by atoms with Gasteiger partial charge in [-0.25, -0.2) is 8.42 Å². The van der Waals surface area contributed by atoms with E-state index in [2.05, 4.69) is 17.0 Å². The maximum atomic E-state index is 12.6. The van der Waals surface area contributed by atoms with Crippen LogP contribution in [0.5, 0.6) is 0 Å². The highest BCUT2D eigenvalue weighted by atomic mass is 32.2. The van der Waals surface area contributed by atoms with Crippen LogP contribution in [0.3, 0.4) is 0 Å². The summed E-state index contributed by atoms with van der Waals surface area (Å²) >= 11 is 0. The second kappa shape index (κ2) is 6.39. The number of benzene rings is 1. The molecular formula is C18H26N2O3S. The number of fused-ring (bicyclic) bond motifs is 2. The number of hydrogen-bond donors (Lipinski definition) is 2. The molecule has 0 spiro atoms. The van der Waals surface area contributed by atoms with Crippen LogP contribution in [0.25, 0.3) is 0 Å². The molecule has 1 amide bonds. The minimum atomic E-state index is -3.37. The molecule has 1 aromatic carbocycles. The average molecular weight is 350 g/mol. The zero-order chi connectivity index (χ0) is 17.5. The second-order valence-electron chi connectivity index (χ2n) is 7.50. The van der Waals surface area contributed by atoms with E-state index in [1.165, 1.54) is 25.7 Å². The van der Waals surface area contributed by atoms with E-state index in [1.807, 2.05) is 6.92 Å². The number of amides is 1. The summed E-state index contributed by atoms with van der Waals surface area (Å²) in [6.07, 6.45) is 6.29. The number of hydrogen-bond acceptors (Lipinski definition) is 3. The number of anilines is 1. The summed E-state index contributed by atoms with van der Waals surface area (Å²) in [5, 5.41) is 3.12. The summed E-state index contributed by atoms with van der Waals surface area (Å²) in [5.41, 5.74) is 1.73.